The zero-order chi connectivity index (χ0) is 18.5. The number of hydrogen-bond donors (Lipinski definition) is 1. The van der Waals surface area contributed by atoms with Crippen molar-refractivity contribution >= 4 is 23.0 Å². The van der Waals surface area contributed by atoms with E-state index in [0.29, 0.717) is 18.9 Å². The summed E-state index contributed by atoms with van der Waals surface area (Å²) in [6.07, 6.45) is 5.52. The number of nitrogens with one attached hydrogen (secondary N) is 1. The highest BCUT2D eigenvalue weighted by Gasteiger charge is 2.15. The Morgan fingerprint density at radius 3 is 2.33 bits per heavy atom. The highest BCUT2D eigenvalue weighted by molar-refractivity contribution is 6.03. The highest BCUT2D eigenvalue weighted by Crippen LogP contribution is 2.22. The lowest BCUT2D eigenvalue weighted by molar-refractivity contribution is 0.102. The number of nitrogens with zero attached hydrogens (tertiary/aromatic N) is 3. The summed E-state index contributed by atoms with van der Waals surface area (Å²) in [6.45, 7) is 5.33. The molecule has 1 amide bonds. The molecule has 0 bridgehead atoms. The summed E-state index contributed by atoms with van der Waals surface area (Å²) < 4.78 is 5.39. The van der Waals surface area contributed by atoms with Crippen LogP contribution in [-0.2, 0) is 4.74 Å². The molecule has 4 rings (SSSR count). The smallest absolute Gasteiger partial charge is 0.274 e. The van der Waals surface area contributed by atoms with Gasteiger partial charge in [-0.05, 0) is 55.7 Å². The van der Waals surface area contributed by atoms with Crippen LogP contribution in [0.25, 0.3) is 0 Å². The quantitative estimate of drug-likeness (QED) is 0.901. The van der Waals surface area contributed by atoms with Crippen LogP contribution in [0.1, 0.15) is 29.8 Å². The van der Waals surface area contributed by atoms with E-state index in [1.807, 2.05) is 24.3 Å². The Balaban J connectivity index is 1.41. The van der Waals surface area contributed by atoms with E-state index >= 15 is 0 Å². The molecule has 142 valence electrons. The minimum Gasteiger partial charge on any atom is -0.378 e. The zero-order valence-electron chi connectivity index (χ0n) is 15.6. The van der Waals surface area contributed by atoms with Gasteiger partial charge >= 0.3 is 0 Å². The third-order valence-corrected chi connectivity index (χ3v) is 5.20. The van der Waals surface area contributed by atoms with Crippen LogP contribution in [0.15, 0.2) is 42.6 Å². The molecule has 27 heavy (non-hydrogen) atoms. The molecular weight excluding hydrogens is 340 g/mol. The summed E-state index contributed by atoms with van der Waals surface area (Å²) in [6, 6.07) is 11.9. The van der Waals surface area contributed by atoms with Crippen LogP contribution >= 0.6 is 0 Å². The van der Waals surface area contributed by atoms with Crippen LogP contribution in [0.4, 0.5) is 17.1 Å². The number of aromatic nitrogens is 1. The molecule has 3 heterocycles. The number of piperidine rings is 1. The molecule has 2 aliphatic heterocycles. The van der Waals surface area contributed by atoms with Crippen LogP contribution in [0, 0.1) is 0 Å². The molecule has 0 saturated carbocycles. The van der Waals surface area contributed by atoms with Gasteiger partial charge in [0, 0.05) is 49.4 Å². The van der Waals surface area contributed by atoms with Gasteiger partial charge in [-0.3, -0.25) is 9.78 Å². The largest absolute Gasteiger partial charge is 0.378 e. The van der Waals surface area contributed by atoms with Crippen molar-refractivity contribution in [2.24, 2.45) is 0 Å². The van der Waals surface area contributed by atoms with E-state index in [2.05, 4.69) is 32.2 Å². The maximum Gasteiger partial charge on any atom is 0.274 e. The van der Waals surface area contributed by atoms with Crippen LogP contribution in [0.2, 0.25) is 0 Å². The van der Waals surface area contributed by atoms with Crippen molar-refractivity contribution in [3.05, 3.63) is 48.3 Å². The number of pyridine rings is 1. The van der Waals surface area contributed by atoms with Gasteiger partial charge in [-0.1, -0.05) is 0 Å². The van der Waals surface area contributed by atoms with E-state index in [9.17, 15) is 4.79 Å². The predicted molar refractivity (Wildman–Crippen MR) is 108 cm³/mol. The fourth-order valence-electron chi connectivity index (χ4n) is 3.66. The Morgan fingerprint density at radius 2 is 1.59 bits per heavy atom. The summed E-state index contributed by atoms with van der Waals surface area (Å²) in [4.78, 5) is 21.5. The van der Waals surface area contributed by atoms with Gasteiger partial charge in [0.2, 0.25) is 0 Å². The summed E-state index contributed by atoms with van der Waals surface area (Å²) in [5.41, 5.74) is 3.46. The van der Waals surface area contributed by atoms with E-state index in [4.69, 9.17) is 4.74 Å². The molecule has 0 radical (unpaired) electrons. The molecule has 1 aromatic heterocycles. The molecule has 2 aromatic rings. The molecule has 0 unspecified atom stereocenters. The van der Waals surface area contributed by atoms with Crippen molar-refractivity contribution in [1.29, 1.82) is 0 Å². The first-order valence-corrected chi connectivity index (χ1v) is 9.75. The SMILES string of the molecule is O=C(Nc1ccc(N2CCCCC2)cc1)c1cc(N2CCOCC2)ccn1. The molecule has 0 atom stereocenters. The van der Waals surface area contributed by atoms with E-state index in [1.54, 1.807) is 6.20 Å². The maximum absolute atomic E-state index is 12.6. The van der Waals surface area contributed by atoms with E-state index in [1.165, 1.54) is 24.9 Å². The van der Waals surface area contributed by atoms with Gasteiger partial charge in [-0.2, -0.15) is 0 Å². The van der Waals surface area contributed by atoms with Gasteiger partial charge in [-0.15, -0.1) is 0 Å². The summed E-state index contributed by atoms with van der Waals surface area (Å²) in [5, 5.41) is 2.96. The normalized spacial score (nSPS) is 17.6. The molecule has 2 aliphatic rings. The van der Waals surface area contributed by atoms with E-state index < -0.39 is 0 Å². The van der Waals surface area contributed by atoms with Crippen LogP contribution in [0.3, 0.4) is 0 Å². The number of amides is 1. The molecule has 1 aromatic carbocycles. The van der Waals surface area contributed by atoms with Crippen LogP contribution in [0.5, 0.6) is 0 Å². The first kappa shape index (κ1) is 17.8. The number of ether oxygens (including phenoxy) is 1. The molecule has 6 nitrogen and oxygen atoms in total. The number of carbonyl (C=O) groups is 1. The number of rotatable bonds is 4. The van der Waals surface area contributed by atoms with E-state index in [-0.39, 0.29) is 5.91 Å². The van der Waals surface area contributed by atoms with Crippen molar-refractivity contribution in [3.63, 3.8) is 0 Å². The van der Waals surface area contributed by atoms with Crippen LogP contribution < -0.4 is 15.1 Å². The third kappa shape index (κ3) is 4.39. The molecule has 0 spiro atoms. The number of morpholine rings is 1. The third-order valence-electron chi connectivity index (χ3n) is 5.20. The number of anilines is 3. The van der Waals surface area contributed by atoms with Gasteiger partial charge in [0.1, 0.15) is 5.69 Å². The van der Waals surface area contributed by atoms with Crippen molar-refractivity contribution < 1.29 is 9.53 Å². The van der Waals surface area contributed by atoms with E-state index in [0.717, 1.165) is 37.6 Å². The van der Waals surface area contributed by atoms with Crippen molar-refractivity contribution in [2.75, 3.05) is 54.5 Å². The summed E-state index contributed by atoms with van der Waals surface area (Å²) >= 11 is 0. The second-order valence-electron chi connectivity index (χ2n) is 7.05. The Hall–Kier alpha value is -2.60. The average Bonchev–Trinajstić information content (AvgIpc) is 2.75. The fraction of sp³-hybridized carbons (Fsp3) is 0.429. The minimum absolute atomic E-state index is 0.184. The van der Waals surface area contributed by atoms with Gasteiger partial charge in [0.05, 0.1) is 13.2 Å². The van der Waals surface area contributed by atoms with Crippen molar-refractivity contribution in [2.45, 2.75) is 19.3 Å². The lowest BCUT2D eigenvalue weighted by atomic mass is 10.1. The highest BCUT2D eigenvalue weighted by atomic mass is 16.5. The Bertz CT molecular complexity index is 766. The number of benzene rings is 1. The van der Waals surface area contributed by atoms with Gasteiger partial charge in [-0.25, -0.2) is 0 Å². The van der Waals surface area contributed by atoms with Crippen molar-refractivity contribution in [1.82, 2.24) is 4.98 Å². The molecule has 2 fully saturated rings. The Morgan fingerprint density at radius 1 is 0.889 bits per heavy atom. The van der Waals surface area contributed by atoms with Gasteiger partial charge in [0.15, 0.2) is 0 Å². The fourth-order valence-corrected chi connectivity index (χ4v) is 3.66. The number of carbonyl (C=O) groups excluding carboxylic acids is 1. The summed E-state index contributed by atoms with van der Waals surface area (Å²) in [7, 11) is 0. The van der Waals surface area contributed by atoms with Crippen LogP contribution in [-0.4, -0.2) is 50.3 Å². The lowest BCUT2D eigenvalue weighted by Crippen LogP contribution is -2.36. The second-order valence-corrected chi connectivity index (χ2v) is 7.05. The van der Waals surface area contributed by atoms with Gasteiger partial charge in [0.25, 0.3) is 5.91 Å². The standard InChI is InChI=1S/C21H26N4O2/c26-21(20-16-19(8-9-22-20)25-12-14-27-15-13-25)23-17-4-6-18(7-5-17)24-10-2-1-3-11-24/h4-9,16H,1-3,10-15H2,(H,23,26). The second kappa shape index (κ2) is 8.39. The first-order chi connectivity index (χ1) is 13.3. The zero-order valence-corrected chi connectivity index (χ0v) is 15.6. The summed E-state index contributed by atoms with van der Waals surface area (Å²) in [5.74, 6) is -0.184. The molecule has 1 N–H and O–H groups in total. The average molecular weight is 366 g/mol. The lowest BCUT2D eigenvalue weighted by Gasteiger charge is -2.29. The molecule has 6 heteroatoms. The Labute approximate surface area is 160 Å². The monoisotopic (exact) mass is 366 g/mol. The van der Waals surface area contributed by atoms with Gasteiger partial charge < -0.3 is 19.9 Å². The molecule has 2 saturated heterocycles. The predicted octanol–water partition coefficient (Wildman–Crippen LogP) is 3.16. The first-order valence-electron chi connectivity index (χ1n) is 9.75. The minimum atomic E-state index is -0.184. The van der Waals surface area contributed by atoms with Crippen molar-refractivity contribution in [3.8, 4) is 0 Å². The topological polar surface area (TPSA) is 57.7 Å². The molecular formula is C21H26N4O2. The number of hydrogen-bond acceptors (Lipinski definition) is 5. The molecule has 0 aliphatic carbocycles. The maximum atomic E-state index is 12.6. The Kier molecular flexibility index (Phi) is 5.53.